The fourth-order valence-electron chi connectivity index (χ4n) is 4.77. The molecule has 1 aliphatic rings. The van der Waals surface area contributed by atoms with Gasteiger partial charge in [0.15, 0.2) is 0 Å². The molecule has 2 amide bonds. The topological polar surface area (TPSA) is 67.4 Å². The molecule has 5 nitrogen and oxygen atoms in total. The van der Waals surface area contributed by atoms with Gasteiger partial charge in [-0.25, -0.2) is 4.79 Å². The van der Waals surface area contributed by atoms with Gasteiger partial charge < -0.3 is 15.4 Å². The van der Waals surface area contributed by atoms with E-state index < -0.39 is 12.1 Å². The second-order valence-corrected chi connectivity index (χ2v) is 8.90. The maximum Gasteiger partial charge on any atom is 0.407 e. The number of benzene rings is 4. The monoisotopic (exact) mass is 476 g/mol. The summed E-state index contributed by atoms with van der Waals surface area (Å²) in [6.07, 6.45) is -0.428. The summed E-state index contributed by atoms with van der Waals surface area (Å²) in [5.74, 6) is -0.167. The number of rotatable bonds is 8. The lowest BCUT2D eigenvalue weighted by molar-refractivity contribution is -0.121. The molecule has 1 aliphatic carbocycles. The first-order chi connectivity index (χ1) is 17.7. The van der Waals surface area contributed by atoms with Crippen LogP contribution in [0.4, 0.5) is 4.79 Å². The molecule has 5 heteroatoms. The van der Waals surface area contributed by atoms with Crippen molar-refractivity contribution in [1.82, 2.24) is 10.6 Å². The lowest BCUT2D eigenvalue weighted by Crippen LogP contribution is -2.34. The van der Waals surface area contributed by atoms with Crippen molar-refractivity contribution >= 4 is 12.0 Å². The van der Waals surface area contributed by atoms with Crippen LogP contribution in [-0.4, -0.2) is 18.6 Å². The highest BCUT2D eigenvalue weighted by atomic mass is 16.5. The third-order valence-corrected chi connectivity index (χ3v) is 6.56. The Bertz CT molecular complexity index is 1290. The SMILES string of the molecule is O=C(C[C@H](NC(=O)OCC1c2ccccc2-c2ccccc21)c1ccccc1)NCc1ccccc1. The van der Waals surface area contributed by atoms with Crippen LogP contribution in [0, 0.1) is 0 Å². The van der Waals surface area contributed by atoms with Gasteiger partial charge in [-0.1, -0.05) is 109 Å². The zero-order chi connectivity index (χ0) is 24.7. The molecule has 0 spiro atoms. The number of alkyl carbamates (subject to hydrolysis) is 1. The van der Waals surface area contributed by atoms with Crippen LogP contribution in [0.1, 0.15) is 40.6 Å². The summed E-state index contributed by atoms with van der Waals surface area (Å²) in [4.78, 5) is 25.6. The molecule has 4 aromatic carbocycles. The Morgan fingerprint density at radius 2 is 1.28 bits per heavy atom. The first-order valence-corrected chi connectivity index (χ1v) is 12.2. The molecular weight excluding hydrogens is 448 g/mol. The van der Waals surface area contributed by atoms with Crippen molar-refractivity contribution < 1.29 is 14.3 Å². The average Bonchev–Trinajstić information content (AvgIpc) is 3.25. The molecule has 180 valence electrons. The van der Waals surface area contributed by atoms with Gasteiger partial charge in [0.1, 0.15) is 6.61 Å². The summed E-state index contributed by atoms with van der Waals surface area (Å²) in [7, 11) is 0. The Kier molecular flexibility index (Phi) is 7.08. The number of carbonyl (C=O) groups excluding carboxylic acids is 2. The fourth-order valence-corrected chi connectivity index (χ4v) is 4.77. The van der Waals surface area contributed by atoms with Gasteiger partial charge in [0, 0.05) is 12.5 Å². The number of amides is 2. The van der Waals surface area contributed by atoms with Gasteiger partial charge in [-0.15, -0.1) is 0 Å². The maximum absolute atomic E-state index is 12.9. The fraction of sp³-hybridized carbons (Fsp3) is 0.161. The molecule has 0 unspecified atom stereocenters. The van der Waals surface area contributed by atoms with E-state index >= 15 is 0 Å². The van der Waals surface area contributed by atoms with Crippen molar-refractivity contribution in [3.05, 3.63) is 131 Å². The van der Waals surface area contributed by atoms with E-state index in [1.54, 1.807) is 0 Å². The van der Waals surface area contributed by atoms with Crippen molar-refractivity contribution in [3.8, 4) is 11.1 Å². The van der Waals surface area contributed by atoms with Crippen molar-refractivity contribution in [2.45, 2.75) is 24.9 Å². The summed E-state index contributed by atoms with van der Waals surface area (Å²) in [5, 5.41) is 5.85. The van der Waals surface area contributed by atoms with E-state index in [1.807, 2.05) is 84.9 Å². The zero-order valence-electron chi connectivity index (χ0n) is 19.9. The van der Waals surface area contributed by atoms with Crippen LogP contribution < -0.4 is 10.6 Å². The molecule has 36 heavy (non-hydrogen) atoms. The van der Waals surface area contributed by atoms with Crippen LogP contribution >= 0.6 is 0 Å². The minimum Gasteiger partial charge on any atom is -0.449 e. The molecule has 0 fully saturated rings. The third kappa shape index (κ3) is 5.31. The van der Waals surface area contributed by atoms with Crippen LogP contribution in [0.25, 0.3) is 11.1 Å². The van der Waals surface area contributed by atoms with Gasteiger partial charge in [0.2, 0.25) is 5.91 Å². The molecule has 5 rings (SSSR count). The Balaban J connectivity index is 1.24. The van der Waals surface area contributed by atoms with Gasteiger partial charge in [0.05, 0.1) is 12.5 Å². The van der Waals surface area contributed by atoms with Crippen LogP contribution in [0.3, 0.4) is 0 Å². The molecule has 0 heterocycles. The van der Waals surface area contributed by atoms with Crippen molar-refractivity contribution in [2.75, 3.05) is 6.61 Å². The van der Waals surface area contributed by atoms with Crippen LogP contribution in [0.2, 0.25) is 0 Å². The summed E-state index contributed by atoms with van der Waals surface area (Å²) in [6, 6.07) is 35.2. The Hall–Kier alpha value is -4.38. The lowest BCUT2D eigenvalue weighted by atomic mass is 9.98. The molecule has 0 aromatic heterocycles. The molecule has 4 aromatic rings. The predicted molar refractivity (Wildman–Crippen MR) is 140 cm³/mol. The number of fused-ring (bicyclic) bond motifs is 3. The van der Waals surface area contributed by atoms with Crippen LogP contribution in [0.5, 0.6) is 0 Å². The number of nitrogens with one attached hydrogen (secondary N) is 2. The summed E-state index contributed by atoms with van der Waals surface area (Å²) in [6.45, 7) is 0.660. The molecule has 1 atom stereocenters. The van der Waals surface area contributed by atoms with Crippen molar-refractivity contribution in [2.24, 2.45) is 0 Å². The maximum atomic E-state index is 12.9. The van der Waals surface area contributed by atoms with Crippen LogP contribution in [-0.2, 0) is 16.1 Å². The molecular formula is C31H28N2O3. The predicted octanol–water partition coefficient (Wildman–Crippen LogP) is 5.97. The summed E-state index contributed by atoms with van der Waals surface area (Å²) < 4.78 is 5.72. The summed E-state index contributed by atoms with van der Waals surface area (Å²) >= 11 is 0. The number of carbonyl (C=O) groups is 2. The van der Waals surface area contributed by atoms with E-state index in [4.69, 9.17) is 4.74 Å². The standard InChI is InChI=1S/C31H28N2O3/c34-30(32-20-22-11-3-1-4-12-22)19-29(23-13-5-2-6-14-23)33-31(35)36-21-28-26-17-9-7-15-24(26)25-16-8-10-18-27(25)28/h1-18,28-29H,19-21H2,(H,32,34)(H,33,35)/t29-/m0/s1. The largest absolute Gasteiger partial charge is 0.449 e. The second-order valence-electron chi connectivity index (χ2n) is 8.90. The highest BCUT2D eigenvalue weighted by Crippen LogP contribution is 2.44. The van der Waals surface area contributed by atoms with Gasteiger partial charge in [0.25, 0.3) is 0 Å². The van der Waals surface area contributed by atoms with Crippen LogP contribution in [0.15, 0.2) is 109 Å². The third-order valence-electron chi connectivity index (χ3n) is 6.56. The molecule has 0 aliphatic heterocycles. The second kappa shape index (κ2) is 10.9. The Labute approximate surface area is 211 Å². The molecule has 0 saturated heterocycles. The van der Waals surface area contributed by atoms with Gasteiger partial charge in [-0.2, -0.15) is 0 Å². The van der Waals surface area contributed by atoms with Gasteiger partial charge >= 0.3 is 6.09 Å². The minimum absolute atomic E-state index is 0.0208. The Morgan fingerprint density at radius 1 is 0.722 bits per heavy atom. The highest BCUT2D eigenvalue weighted by Gasteiger charge is 2.29. The molecule has 0 saturated carbocycles. The number of hydrogen-bond donors (Lipinski definition) is 2. The van der Waals surface area contributed by atoms with Crippen molar-refractivity contribution in [1.29, 1.82) is 0 Å². The smallest absolute Gasteiger partial charge is 0.407 e. The quantitative estimate of drug-likeness (QED) is 0.329. The number of ether oxygens (including phenoxy) is 1. The molecule has 0 radical (unpaired) electrons. The molecule has 0 bridgehead atoms. The Morgan fingerprint density at radius 3 is 1.92 bits per heavy atom. The van der Waals surface area contributed by atoms with E-state index in [1.165, 1.54) is 11.1 Å². The minimum atomic E-state index is -0.540. The normalized spacial score (nSPS) is 12.8. The van der Waals surface area contributed by atoms with Gasteiger partial charge in [-0.05, 0) is 33.4 Å². The van der Waals surface area contributed by atoms with E-state index in [0.717, 1.165) is 22.3 Å². The average molecular weight is 477 g/mol. The highest BCUT2D eigenvalue weighted by molar-refractivity contribution is 5.80. The zero-order valence-corrected chi connectivity index (χ0v) is 19.9. The van der Waals surface area contributed by atoms with Crippen molar-refractivity contribution in [3.63, 3.8) is 0 Å². The summed E-state index contributed by atoms with van der Waals surface area (Å²) in [5.41, 5.74) is 6.55. The number of hydrogen-bond acceptors (Lipinski definition) is 3. The van der Waals surface area contributed by atoms with E-state index in [-0.39, 0.29) is 24.9 Å². The first kappa shape index (κ1) is 23.4. The molecule has 2 N–H and O–H groups in total. The van der Waals surface area contributed by atoms with E-state index in [0.29, 0.717) is 6.54 Å². The van der Waals surface area contributed by atoms with E-state index in [2.05, 4.69) is 34.9 Å². The van der Waals surface area contributed by atoms with E-state index in [9.17, 15) is 9.59 Å². The first-order valence-electron chi connectivity index (χ1n) is 12.2. The van der Waals surface area contributed by atoms with Gasteiger partial charge in [-0.3, -0.25) is 4.79 Å². The lowest BCUT2D eigenvalue weighted by Gasteiger charge is -2.20.